The summed E-state index contributed by atoms with van der Waals surface area (Å²) in [6.45, 7) is 18.1. The quantitative estimate of drug-likeness (QED) is 0.119. The monoisotopic (exact) mass is 760 g/mol. The zero-order chi connectivity index (χ0) is 40.6. The first kappa shape index (κ1) is 42.7. The van der Waals surface area contributed by atoms with E-state index in [1.54, 1.807) is 60.0 Å². The zero-order valence-corrected chi connectivity index (χ0v) is 34.6. The summed E-state index contributed by atoms with van der Waals surface area (Å²) in [4.78, 5) is 56.4. The number of carbonyl (C=O) groups excluding carboxylic acids is 2. The van der Waals surface area contributed by atoms with Crippen molar-refractivity contribution in [2.45, 2.75) is 80.8 Å². The fourth-order valence-corrected chi connectivity index (χ4v) is 6.87. The Hall–Kier alpha value is -5.00. The molecule has 55 heavy (non-hydrogen) atoms. The van der Waals surface area contributed by atoms with Crippen LogP contribution in [0.5, 0.6) is 23.0 Å². The van der Waals surface area contributed by atoms with E-state index in [4.69, 9.17) is 18.9 Å². The largest absolute Gasteiger partial charge is 0.493 e. The SMILES string of the molecule is CCCN(CC1CC1)C(=O)c1cn(CC)c(=O)c2cc(OC)c(OC)cc12.CCn1cc(C(=O)N(CC(C)C)CC(C)C)c2cc(OC)c(OC)cc2c1=O. The Morgan fingerprint density at radius 1 is 0.636 bits per heavy atom. The molecule has 0 unspecified atom stereocenters. The number of fused-ring (bicyclic) bond motifs is 2. The second-order valence-corrected chi connectivity index (χ2v) is 15.0. The third kappa shape index (κ3) is 9.82. The molecular formula is C43H60N4O8. The van der Waals surface area contributed by atoms with E-state index in [0.717, 1.165) is 19.5 Å². The number of rotatable bonds is 16. The number of hydrogen-bond acceptors (Lipinski definition) is 8. The van der Waals surface area contributed by atoms with Crippen LogP contribution >= 0.6 is 0 Å². The number of methoxy groups -OCH3 is 4. The van der Waals surface area contributed by atoms with Gasteiger partial charge in [-0.15, -0.1) is 0 Å². The minimum absolute atomic E-state index is 0.0248. The fraction of sp³-hybridized carbons (Fsp3) is 0.535. The molecule has 2 heterocycles. The van der Waals surface area contributed by atoms with Gasteiger partial charge in [0, 0.05) is 62.4 Å². The molecule has 0 atom stereocenters. The van der Waals surface area contributed by atoms with Crippen molar-refractivity contribution in [3.05, 3.63) is 68.5 Å². The highest BCUT2D eigenvalue weighted by Crippen LogP contribution is 2.35. The third-order valence-electron chi connectivity index (χ3n) is 9.74. The lowest BCUT2D eigenvalue weighted by atomic mass is 10.0. The molecule has 4 aromatic rings. The summed E-state index contributed by atoms with van der Waals surface area (Å²) >= 11 is 0. The van der Waals surface area contributed by atoms with E-state index in [0.29, 0.717) is 99.6 Å². The van der Waals surface area contributed by atoms with E-state index in [-0.39, 0.29) is 22.9 Å². The average Bonchev–Trinajstić information content (AvgIpc) is 4.00. The summed E-state index contributed by atoms with van der Waals surface area (Å²) in [5, 5.41) is 2.14. The van der Waals surface area contributed by atoms with Gasteiger partial charge in [0.15, 0.2) is 23.0 Å². The fourth-order valence-electron chi connectivity index (χ4n) is 6.87. The maximum absolute atomic E-state index is 13.5. The molecule has 2 amide bonds. The van der Waals surface area contributed by atoms with Crippen molar-refractivity contribution in [2.75, 3.05) is 54.6 Å². The molecule has 12 heteroatoms. The van der Waals surface area contributed by atoms with Gasteiger partial charge in [-0.25, -0.2) is 0 Å². The topological polar surface area (TPSA) is 122 Å². The Kier molecular flexibility index (Phi) is 14.8. The minimum atomic E-state index is -0.144. The Morgan fingerprint density at radius 3 is 1.31 bits per heavy atom. The number of hydrogen-bond donors (Lipinski definition) is 0. The molecule has 0 bridgehead atoms. The summed E-state index contributed by atoms with van der Waals surface area (Å²) in [7, 11) is 6.16. The maximum Gasteiger partial charge on any atom is 0.258 e. The first-order chi connectivity index (χ1) is 26.3. The van der Waals surface area contributed by atoms with E-state index < -0.39 is 0 Å². The summed E-state index contributed by atoms with van der Waals surface area (Å²) in [5.41, 5.74) is 0.781. The molecule has 0 aliphatic heterocycles. The number of amides is 2. The highest BCUT2D eigenvalue weighted by Gasteiger charge is 2.29. The Labute approximate surface area is 324 Å². The highest BCUT2D eigenvalue weighted by atomic mass is 16.5. The predicted octanol–water partition coefficient (Wildman–Crippen LogP) is 7.09. The van der Waals surface area contributed by atoms with Crippen molar-refractivity contribution in [3.63, 3.8) is 0 Å². The van der Waals surface area contributed by atoms with Crippen LogP contribution < -0.4 is 30.1 Å². The van der Waals surface area contributed by atoms with Crippen molar-refractivity contribution in [2.24, 2.45) is 17.8 Å². The lowest BCUT2D eigenvalue weighted by Gasteiger charge is -2.27. The van der Waals surface area contributed by atoms with Gasteiger partial charge in [0.2, 0.25) is 0 Å². The number of ether oxygens (including phenoxy) is 4. The van der Waals surface area contributed by atoms with E-state index in [2.05, 4.69) is 34.6 Å². The second-order valence-electron chi connectivity index (χ2n) is 15.0. The molecule has 5 rings (SSSR count). The van der Waals surface area contributed by atoms with Gasteiger partial charge in [0.25, 0.3) is 22.9 Å². The minimum Gasteiger partial charge on any atom is -0.493 e. The standard InChI is InChI=1S/C22H32N2O4.C21H28N2O4/c1-8-23-13-18(22(26)24(11-14(2)3)12-15(4)5)16-9-19(27-6)20(28-7)10-17(16)21(23)25;1-5-9-23(12-14-7-8-14)21(25)17-13-22(6-2)20(24)16-11-19(27-4)18(26-3)10-15(16)17/h9-10,13-15H,8,11-12H2,1-7H3;10-11,13-14H,5-9,12H2,1-4H3. The van der Waals surface area contributed by atoms with Crippen molar-refractivity contribution in [1.29, 1.82) is 0 Å². The summed E-state index contributed by atoms with van der Waals surface area (Å²) in [6.07, 6.45) is 6.64. The molecule has 12 nitrogen and oxygen atoms in total. The van der Waals surface area contributed by atoms with Gasteiger partial charge >= 0.3 is 0 Å². The molecular weight excluding hydrogens is 700 g/mol. The van der Waals surface area contributed by atoms with Crippen LogP contribution in [0, 0.1) is 17.8 Å². The molecule has 1 aliphatic carbocycles. The van der Waals surface area contributed by atoms with E-state index in [9.17, 15) is 19.2 Å². The van der Waals surface area contributed by atoms with Gasteiger partial charge in [-0.2, -0.15) is 0 Å². The van der Waals surface area contributed by atoms with Gasteiger partial charge < -0.3 is 37.9 Å². The number of benzene rings is 2. The highest BCUT2D eigenvalue weighted by molar-refractivity contribution is 6.08. The Bertz CT molecular complexity index is 2090. The molecule has 0 radical (unpaired) electrons. The smallest absolute Gasteiger partial charge is 0.258 e. The van der Waals surface area contributed by atoms with Crippen molar-refractivity contribution in [3.8, 4) is 23.0 Å². The molecule has 2 aromatic heterocycles. The van der Waals surface area contributed by atoms with Gasteiger partial charge in [-0.05, 0) is 75.1 Å². The van der Waals surface area contributed by atoms with Crippen molar-refractivity contribution in [1.82, 2.24) is 18.9 Å². The molecule has 1 saturated carbocycles. The van der Waals surface area contributed by atoms with Crippen LogP contribution in [0.2, 0.25) is 0 Å². The van der Waals surface area contributed by atoms with Crippen molar-refractivity contribution >= 4 is 33.4 Å². The number of nitrogens with zero attached hydrogens (tertiary/aromatic N) is 4. The number of carbonyl (C=O) groups is 2. The second kappa shape index (κ2) is 19.0. The molecule has 0 spiro atoms. The first-order valence-electron chi connectivity index (χ1n) is 19.4. The van der Waals surface area contributed by atoms with E-state index in [1.165, 1.54) is 27.1 Å². The molecule has 2 aromatic carbocycles. The molecule has 1 aliphatic rings. The molecule has 300 valence electrons. The summed E-state index contributed by atoms with van der Waals surface area (Å²) < 4.78 is 24.7. The summed E-state index contributed by atoms with van der Waals surface area (Å²) in [6, 6.07) is 6.80. The van der Waals surface area contributed by atoms with Crippen LogP contribution in [-0.4, -0.2) is 85.4 Å². The van der Waals surface area contributed by atoms with Crippen LogP contribution in [0.4, 0.5) is 0 Å². The van der Waals surface area contributed by atoms with Crippen LogP contribution in [0.25, 0.3) is 21.5 Å². The van der Waals surface area contributed by atoms with Crippen molar-refractivity contribution < 1.29 is 28.5 Å². The van der Waals surface area contributed by atoms with E-state index in [1.807, 2.05) is 23.6 Å². The molecule has 1 fully saturated rings. The Balaban J connectivity index is 0.000000245. The number of aromatic nitrogens is 2. The van der Waals surface area contributed by atoms with Gasteiger partial charge in [0.05, 0.1) is 50.3 Å². The first-order valence-corrected chi connectivity index (χ1v) is 19.4. The van der Waals surface area contributed by atoms with Gasteiger partial charge in [0.1, 0.15) is 0 Å². The molecule has 0 N–H and O–H groups in total. The van der Waals surface area contributed by atoms with E-state index >= 15 is 0 Å². The normalized spacial score (nSPS) is 12.5. The zero-order valence-electron chi connectivity index (χ0n) is 34.6. The number of aryl methyl sites for hydroxylation is 2. The lowest BCUT2D eigenvalue weighted by Crippen LogP contribution is -2.38. The lowest BCUT2D eigenvalue weighted by molar-refractivity contribution is 0.0715. The van der Waals surface area contributed by atoms with Crippen LogP contribution in [0.3, 0.4) is 0 Å². The van der Waals surface area contributed by atoms with Crippen LogP contribution in [0.1, 0.15) is 88.4 Å². The Morgan fingerprint density at radius 2 is 1.00 bits per heavy atom. The predicted molar refractivity (Wildman–Crippen MR) is 218 cm³/mol. The van der Waals surface area contributed by atoms with Gasteiger partial charge in [-0.3, -0.25) is 19.2 Å². The maximum atomic E-state index is 13.5. The van der Waals surface area contributed by atoms with Crippen LogP contribution in [-0.2, 0) is 13.1 Å². The summed E-state index contributed by atoms with van der Waals surface area (Å²) in [5.74, 6) is 3.18. The third-order valence-corrected chi connectivity index (χ3v) is 9.74. The van der Waals surface area contributed by atoms with Gasteiger partial charge in [-0.1, -0.05) is 34.6 Å². The van der Waals surface area contributed by atoms with Crippen LogP contribution in [0.15, 0.2) is 46.2 Å². The molecule has 0 saturated heterocycles. The number of pyridine rings is 2. The average molecular weight is 761 g/mol.